The van der Waals surface area contributed by atoms with E-state index in [2.05, 4.69) is 15.3 Å². The number of oxazole rings is 1. The van der Waals surface area contributed by atoms with Crippen molar-refractivity contribution >= 4 is 28.8 Å². The molecule has 0 aliphatic carbocycles. The van der Waals surface area contributed by atoms with Gasteiger partial charge < -0.3 is 15.5 Å². The van der Waals surface area contributed by atoms with Crippen LogP contribution in [0.15, 0.2) is 10.5 Å². The number of nitrogen functional groups attached to an aromatic ring is 1. The lowest BCUT2D eigenvalue weighted by atomic mass is 9.95. The Morgan fingerprint density at radius 1 is 1.50 bits per heavy atom. The molecule has 3 rings (SSSR count). The van der Waals surface area contributed by atoms with Crippen LogP contribution in [0.2, 0.25) is 5.15 Å². The van der Waals surface area contributed by atoms with Crippen molar-refractivity contribution in [1.82, 2.24) is 15.3 Å². The smallest absolute Gasteiger partial charge is 0.294 e. The fourth-order valence-electron chi connectivity index (χ4n) is 1.84. The van der Waals surface area contributed by atoms with Crippen LogP contribution < -0.4 is 11.1 Å². The zero-order chi connectivity index (χ0) is 11.1. The molecule has 84 valence electrons. The molecule has 1 saturated heterocycles. The van der Waals surface area contributed by atoms with E-state index in [-0.39, 0.29) is 6.01 Å². The summed E-state index contributed by atoms with van der Waals surface area (Å²) in [6, 6.07) is 2.01. The molecule has 1 aliphatic heterocycles. The van der Waals surface area contributed by atoms with Gasteiger partial charge in [-0.1, -0.05) is 11.6 Å². The van der Waals surface area contributed by atoms with Gasteiger partial charge in [0.1, 0.15) is 5.15 Å². The number of nitrogens with zero attached hydrogens (tertiary/aromatic N) is 2. The summed E-state index contributed by atoms with van der Waals surface area (Å²) in [4.78, 5) is 8.10. The third-order valence-corrected chi connectivity index (χ3v) is 3.13. The monoisotopic (exact) mass is 238 g/mol. The minimum absolute atomic E-state index is 0.126. The van der Waals surface area contributed by atoms with Crippen LogP contribution in [-0.2, 0) is 6.42 Å². The summed E-state index contributed by atoms with van der Waals surface area (Å²) >= 11 is 6.08. The predicted molar refractivity (Wildman–Crippen MR) is 61.3 cm³/mol. The van der Waals surface area contributed by atoms with E-state index in [1.807, 2.05) is 6.07 Å². The molecule has 0 unspecified atom stereocenters. The van der Waals surface area contributed by atoms with Gasteiger partial charge in [0.05, 0.1) is 0 Å². The van der Waals surface area contributed by atoms with Crippen molar-refractivity contribution in [2.75, 3.05) is 18.8 Å². The van der Waals surface area contributed by atoms with E-state index < -0.39 is 0 Å². The molecule has 1 aliphatic rings. The largest absolute Gasteiger partial charge is 0.422 e. The first-order chi connectivity index (χ1) is 7.72. The number of fused-ring (bicyclic) bond motifs is 1. The number of nitrogens with two attached hydrogens (primary N) is 1. The van der Waals surface area contributed by atoms with Crippen molar-refractivity contribution in [2.24, 2.45) is 5.92 Å². The maximum absolute atomic E-state index is 6.08. The van der Waals surface area contributed by atoms with E-state index in [0.29, 0.717) is 22.3 Å². The predicted octanol–water partition coefficient (Wildman–Crippen LogP) is 1.22. The molecule has 0 amide bonds. The maximum Gasteiger partial charge on any atom is 0.294 e. The average Bonchev–Trinajstić information content (AvgIpc) is 2.50. The molecule has 1 fully saturated rings. The van der Waals surface area contributed by atoms with Gasteiger partial charge in [0, 0.05) is 0 Å². The van der Waals surface area contributed by atoms with E-state index >= 15 is 0 Å². The molecule has 3 heterocycles. The normalized spacial score (nSPS) is 16.6. The van der Waals surface area contributed by atoms with Crippen LogP contribution >= 0.6 is 11.6 Å². The summed E-state index contributed by atoms with van der Waals surface area (Å²) in [5, 5.41) is 3.72. The molecule has 2 aromatic rings. The summed E-state index contributed by atoms with van der Waals surface area (Å²) in [6.07, 6.45) is 0.912. The highest BCUT2D eigenvalue weighted by Gasteiger charge is 2.20. The van der Waals surface area contributed by atoms with Gasteiger partial charge in [0.25, 0.3) is 6.01 Å². The lowest BCUT2D eigenvalue weighted by Gasteiger charge is -2.27. The Bertz CT molecular complexity index is 535. The molecule has 0 spiro atoms. The standard InChI is InChI=1S/C10H11ClN4O/c11-8-6(1-5-3-13-4-5)2-7-9(14-8)15-10(12)16-7/h2,5,13H,1,3-4H2,(H2,12,14,15). The molecule has 0 saturated carbocycles. The molecule has 6 heteroatoms. The van der Waals surface area contributed by atoms with Gasteiger partial charge in [-0.3, -0.25) is 0 Å². The van der Waals surface area contributed by atoms with E-state index in [9.17, 15) is 0 Å². The highest BCUT2D eigenvalue weighted by atomic mass is 35.5. The highest BCUT2D eigenvalue weighted by molar-refractivity contribution is 6.30. The zero-order valence-corrected chi connectivity index (χ0v) is 9.29. The average molecular weight is 239 g/mol. The van der Waals surface area contributed by atoms with Crippen LogP contribution in [0.3, 0.4) is 0 Å². The second kappa shape index (κ2) is 3.61. The van der Waals surface area contributed by atoms with Gasteiger partial charge in [-0.15, -0.1) is 0 Å². The van der Waals surface area contributed by atoms with Crippen LogP contribution in [-0.4, -0.2) is 23.1 Å². The molecular weight excluding hydrogens is 228 g/mol. The van der Waals surface area contributed by atoms with Gasteiger partial charge >= 0.3 is 0 Å². The number of pyridine rings is 1. The fourth-order valence-corrected chi connectivity index (χ4v) is 2.06. The van der Waals surface area contributed by atoms with E-state index in [1.165, 1.54) is 0 Å². The Labute approximate surface area is 97.0 Å². The molecular formula is C10H11ClN4O. The van der Waals surface area contributed by atoms with Crippen molar-refractivity contribution < 1.29 is 4.42 Å². The Hall–Kier alpha value is -1.33. The molecule has 0 radical (unpaired) electrons. The fraction of sp³-hybridized carbons (Fsp3) is 0.400. The van der Waals surface area contributed by atoms with E-state index in [0.717, 1.165) is 25.1 Å². The maximum atomic E-state index is 6.08. The summed E-state index contributed by atoms with van der Waals surface area (Å²) < 4.78 is 5.23. The van der Waals surface area contributed by atoms with Gasteiger partial charge in [0.15, 0.2) is 5.58 Å². The van der Waals surface area contributed by atoms with Gasteiger partial charge in [-0.05, 0) is 37.1 Å². The first-order valence-corrected chi connectivity index (χ1v) is 5.52. The first-order valence-electron chi connectivity index (χ1n) is 5.14. The summed E-state index contributed by atoms with van der Waals surface area (Å²) in [5.41, 5.74) is 7.53. The van der Waals surface area contributed by atoms with Crippen molar-refractivity contribution in [2.45, 2.75) is 6.42 Å². The Kier molecular flexibility index (Phi) is 2.22. The summed E-state index contributed by atoms with van der Waals surface area (Å²) in [7, 11) is 0. The second-order valence-electron chi connectivity index (χ2n) is 4.04. The van der Waals surface area contributed by atoms with Gasteiger partial charge in [-0.2, -0.15) is 4.98 Å². The second-order valence-corrected chi connectivity index (χ2v) is 4.40. The highest BCUT2D eigenvalue weighted by Crippen LogP contribution is 2.24. The van der Waals surface area contributed by atoms with Crippen LogP contribution in [0.5, 0.6) is 0 Å². The van der Waals surface area contributed by atoms with Crippen LogP contribution in [0.4, 0.5) is 6.01 Å². The molecule has 16 heavy (non-hydrogen) atoms. The summed E-state index contributed by atoms with van der Waals surface area (Å²) in [6.45, 7) is 2.07. The Balaban J connectivity index is 1.99. The van der Waals surface area contributed by atoms with E-state index in [4.69, 9.17) is 21.8 Å². The lowest BCUT2D eigenvalue weighted by molar-refractivity contribution is 0.346. The van der Waals surface area contributed by atoms with Crippen molar-refractivity contribution in [3.05, 3.63) is 16.8 Å². The minimum atomic E-state index is 0.126. The SMILES string of the molecule is Nc1nc2nc(Cl)c(CC3CNC3)cc2o1. The van der Waals surface area contributed by atoms with Crippen molar-refractivity contribution in [3.8, 4) is 0 Å². The number of halogens is 1. The van der Waals surface area contributed by atoms with Crippen LogP contribution in [0.1, 0.15) is 5.56 Å². The number of hydrogen-bond acceptors (Lipinski definition) is 5. The molecule has 0 aromatic carbocycles. The molecule has 5 nitrogen and oxygen atoms in total. The van der Waals surface area contributed by atoms with Crippen molar-refractivity contribution in [1.29, 1.82) is 0 Å². The number of aromatic nitrogens is 2. The van der Waals surface area contributed by atoms with Gasteiger partial charge in [0.2, 0.25) is 5.65 Å². The Morgan fingerprint density at radius 2 is 2.31 bits per heavy atom. The number of hydrogen-bond donors (Lipinski definition) is 2. The first kappa shape index (κ1) is 9.86. The molecule has 3 N–H and O–H groups in total. The minimum Gasteiger partial charge on any atom is -0.422 e. The van der Waals surface area contributed by atoms with Crippen LogP contribution in [0.25, 0.3) is 11.2 Å². The third kappa shape index (κ3) is 1.62. The van der Waals surface area contributed by atoms with Gasteiger partial charge in [-0.25, -0.2) is 4.98 Å². The topological polar surface area (TPSA) is 77.0 Å². The Morgan fingerprint density at radius 3 is 3.00 bits per heavy atom. The van der Waals surface area contributed by atoms with Crippen molar-refractivity contribution in [3.63, 3.8) is 0 Å². The zero-order valence-electron chi connectivity index (χ0n) is 8.53. The number of anilines is 1. The van der Waals surface area contributed by atoms with E-state index in [1.54, 1.807) is 0 Å². The molecule has 0 bridgehead atoms. The number of rotatable bonds is 2. The molecule has 2 aromatic heterocycles. The number of nitrogens with one attached hydrogen (secondary N) is 1. The van der Waals surface area contributed by atoms with Crippen LogP contribution in [0, 0.1) is 5.92 Å². The lowest BCUT2D eigenvalue weighted by Crippen LogP contribution is -2.43. The molecule has 0 atom stereocenters. The quantitative estimate of drug-likeness (QED) is 0.770. The third-order valence-electron chi connectivity index (χ3n) is 2.80. The summed E-state index contributed by atoms with van der Waals surface area (Å²) in [5.74, 6) is 0.636.